The van der Waals surface area contributed by atoms with Gasteiger partial charge in [0, 0.05) is 5.56 Å². The van der Waals surface area contributed by atoms with E-state index in [0.717, 1.165) is 5.69 Å². The SMILES string of the molecule is Cc1[nH]nc(C(F)(F)F)c1NC(=O)c1c(-c2ccccc2)nn(-c2ccccc2)c1C. The fourth-order valence-corrected chi connectivity index (χ4v) is 3.36. The summed E-state index contributed by atoms with van der Waals surface area (Å²) in [5.41, 5.74) is 0.985. The molecule has 0 radical (unpaired) electrons. The third kappa shape index (κ3) is 3.81. The molecule has 6 nitrogen and oxygen atoms in total. The van der Waals surface area contributed by atoms with E-state index in [4.69, 9.17) is 0 Å². The van der Waals surface area contributed by atoms with Crippen LogP contribution in [0.3, 0.4) is 0 Å². The number of para-hydroxylation sites is 1. The van der Waals surface area contributed by atoms with Gasteiger partial charge in [-0.1, -0.05) is 48.5 Å². The molecular weight excluding hydrogens is 407 g/mol. The van der Waals surface area contributed by atoms with Crippen LogP contribution in [0.15, 0.2) is 60.7 Å². The third-order valence-electron chi connectivity index (χ3n) is 4.85. The van der Waals surface area contributed by atoms with Gasteiger partial charge in [0.2, 0.25) is 0 Å². The summed E-state index contributed by atoms with van der Waals surface area (Å²) in [5.74, 6) is -0.700. The van der Waals surface area contributed by atoms with Crippen LogP contribution in [0.25, 0.3) is 16.9 Å². The van der Waals surface area contributed by atoms with Gasteiger partial charge in [0.05, 0.1) is 28.3 Å². The Morgan fingerprint density at radius 2 is 1.61 bits per heavy atom. The summed E-state index contributed by atoms with van der Waals surface area (Å²) in [6.07, 6.45) is -4.71. The number of benzene rings is 2. The highest BCUT2D eigenvalue weighted by Gasteiger charge is 2.38. The molecule has 0 fully saturated rings. The number of carbonyl (C=O) groups excluding carboxylic acids is 1. The van der Waals surface area contributed by atoms with Crippen LogP contribution in [-0.2, 0) is 6.18 Å². The minimum atomic E-state index is -4.71. The van der Waals surface area contributed by atoms with E-state index in [1.54, 1.807) is 35.9 Å². The molecule has 0 saturated heterocycles. The lowest BCUT2D eigenvalue weighted by molar-refractivity contribution is -0.140. The van der Waals surface area contributed by atoms with Crippen molar-refractivity contribution >= 4 is 11.6 Å². The maximum Gasteiger partial charge on any atom is 0.437 e. The van der Waals surface area contributed by atoms with Crippen molar-refractivity contribution in [2.75, 3.05) is 5.32 Å². The number of anilines is 1. The molecule has 0 bridgehead atoms. The van der Waals surface area contributed by atoms with Gasteiger partial charge < -0.3 is 5.32 Å². The fraction of sp³-hybridized carbons (Fsp3) is 0.136. The summed E-state index contributed by atoms with van der Waals surface area (Å²) in [4.78, 5) is 13.2. The predicted molar refractivity (Wildman–Crippen MR) is 110 cm³/mol. The largest absolute Gasteiger partial charge is 0.437 e. The van der Waals surface area contributed by atoms with E-state index < -0.39 is 23.5 Å². The molecule has 0 aliphatic heterocycles. The van der Waals surface area contributed by atoms with Crippen LogP contribution in [0.4, 0.5) is 18.9 Å². The van der Waals surface area contributed by atoms with Crippen LogP contribution in [0.1, 0.15) is 27.4 Å². The number of halogens is 3. The minimum Gasteiger partial charge on any atom is -0.318 e. The van der Waals surface area contributed by atoms with E-state index in [-0.39, 0.29) is 11.3 Å². The molecule has 0 saturated carbocycles. The molecule has 9 heteroatoms. The van der Waals surface area contributed by atoms with Crippen LogP contribution >= 0.6 is 0 Å². The number of hydrogen-bond acceptors (Lipinski definition) is 3. The molecule has 2 N–H and O–H groups in total. The van der Waals surface area contributed by atoms with Crippen molar-refractivity contribution in [3.8, 4) is 16.9 Å². The molecule has 2 heterocycles. The van der Waals surface area contributed by atoms with E-state index in [1.807, 2.05) is 36.4 Å². The molecule has 4 rings (SSSR count). The van der Waals surface area contributed by atoms with Crippen molar-refractivity contribution in [1.29, 1.82) is 0 Å². The van der Waals surface area contributed by atoms with Gasteiger partial charge in [-0.05, 0) is 26.0 Å². The normalized spacial score (nSPS) is 11.5. The molecule has 0 unspecified atom stereocenters. The number of nitrogens with zero attached hydrogens (tertiary/aromatic N) is 3. The maximum absolute atomic E-state index is 13.3. The molecule has 0 spiro atoms. The number of rotatable bonds is 4. The molecule has 31 heavy (non-hydrogen) atoms. The number of aromatic nitrogens is 4. The second kappa shape index (κ2) is 7.75. The van der Waals surface area contributed by atoms with Crippen molar-refractivity contribution in [2.45, 2.75) is 20.0 Å². The zero-order valence-electron chi connectivity index (χ0n) is 16.7. The number of carbonyl (C=O) groups is 1. The number of aromatic amines is 1. The van der Waals surface area contributed by atoms with Gasteiger partial charge >= 0.3 is 6.18 Å². The Morgan fingerprint density at radius 3 is 2.23 bits per heavy atom. The molecule has 0 aliphatic rings. The first-order valence-electron chi connectivity index (χ1n) is 9.41. The lowest BCUT2D eigenvalue weighted by Crippen LogP contribution is -2.18. The van der Waals surface area contributed by atoms with E-state index in [2.05, 4.69) is 20.6 Å². The number of aryl methyl sites for hydroxylation is 1. The Hall–Kier alpha value is -3.88. The highest BCUT2D eigenvalue weighted by Crippen LogP contribution is 2.35. The molecule has 2 aromatic carbocycles. The first-order chi connectivity index (χ1) is 14.8. The lowest BCUT2D eigenvalue weighted by atomic mass is 10.1. The van der Waals surface area contributed by atoms with Crippen molar-refractivity contribution < 1.29 is 18.0 Å². The average molecular weight is 425 g/mol. The molecule has 0 aliphatic carbocycles. The maximum atomic E-state index is 13.3. The Bertz CT molecular complexity index is 1230. The van der Waals surface area contributed by atoms with Crippen molar-refractivity contribution in [3.63, 3.8) is 0 Å². The second-order valence-corrected chi connectivity index (χ2v) is 6.95. The van der Waals surface area contributed by atoms with E-state index >= 15 is 0 Å². The number of alkyl halides is 3. The van der Waals surface area contributed by atoms with Gasteiger partial charge in [0.1, 0.15) is 5.69 Å². The van der Waals surface area contributed by atoms with E-state index in [0.29, 0.717) is 17.0 Å². The topological polar surface area (TPSA) is 75.6 Å². The van der Waals surface area contributed by atoms with Gasteiger partial charge in [0.15, 0.2) is 5.69 Å². The summed E-state index contributed by atoms with van der Waals surface area (Å²) < 4.78 is 41.5. The highest BCUT2D eigenvalue weighted by atomic mass is 19.4. The quantitative estimate of drug-likeness (QED) is 0.475. The van der Waals surface area contributed by atoms with Gasteiger partial charge in [-0.2, -0.15) is 23.4 Å². The Kier molecular flexibility index (Phi) is 5.10. The summed E-state index contributed by atoms with van der Waals surface area (Å²) in [5, 5.41) is 12.6. The molecule has 4 aromatic rings. The van der Waals surface area contributed by atoms with E-state index in [1.165, 1.54) is 6.92 Å². The molecule has 2 aromatic heterocycles. The van der Waals surface area contributed by atoms with Crippen LogP contribution in [0, 0.1) is 13.8 Å². The van der Waals surface area contributed by atoms with E-state index in [9.17, 15) is 18.0 Å². The van der Waals surface area contributed by atoms with Crippen LogP contribution < -0.4 is 5.32 Å². The van der Waals surface area contributed by atoms with Gasteiger partial charge in [-0.15, -0.1) is 0 Å². The standard InChI is InChI=1S/C22H18F3N5O/c1-13-18(20(28-27-13)22(23,24)25)26-21(31)17-14(2)30(16-11-7-4-8-12-16)29-19(17)15-9-5-3-6-10-15/h3-12H,1-2H3,(H,26,31)(H,27,28). The summed E-state index contributed by atoms with van der Waals surface area (Å²) in [7, 11) is 0. The average Bonchev–Trinajstić information content (AvgIpc) is 3.29. The fourth-order valence-electron chi connectivity index (χ4n) is 3.36. The second-order valence-electron chi connectivity index (χ2n) is 6.95. The lowest BCUT2D eigenvalue weighted by Gasteiger charge is -2.10. The first kappa shape index (κ1) is 20.4. The molecular formula is C22H18F3N5O. The monoisotopic (exact) mass is 425 g/mol. The Labute approximate surface area is 175 Å². The van der Waals surface area contributed by atoms with Crippen LogP contribution in [-0.4, -0.2) is 25.9 Å². The molecule has 0 atom stereocenters. The first-order valence-corrected chi connectivity index (χ1v) is 9.41. The Morgan fingerprint density at radius 1 is 1.00 bits per heavy atom. The number of hydrogen-bond donors (Lipinski definition) is 2. The predicted octanol–water partition coefficient (Wildman–Crippen LogP) is 5.15. The van der Waals surface area contributed by atoms with Gasteiger partial charge in [-0.3, -0.25) is 9.89 Å². The van der Waals surface area contributed by atoms with Crippen molar-refractivity contribution in [1.82, 2.24) is 20.0 Å². The summed E-state index contributed by atoms with van der Waals surface area (Å²) in [6.45, 7) is 3.12. The number of H-pyrrole nitrogens is 1. The van der Waals surface area contributed by atoms with Crippen molar-refractivity contribution in [3.05, 3.63) is 83.3 Å². The highest BCUT2D eigenvalue weighted by molar-refractivity contribution is 6.09. The van der Waals surface area contributed by atoms with Crippen molar-refractivity contribution in [2.24, 2.45) is 0 Å². The summed E-state index contributed by atoms with van der Waals surface area (Å²) in [6, 6.07) is 18.2. The zero-order chi connectivity index (χ0) is 22.2. The number of nitrogens with one attached hydrogen (secondary N) is 2. The third-order valence-corrected chi connectivity index (χ3v) is 4.85. The van der Waals surface area contributed by atoms with Crippen LogP contribution in [0.5, 0.6) is 0 Å². The van der Waals surface area contributed by atoms with Gasteiger partial charge in [0.25, 0.3) is 5.91 Å². The molecule has 1 amide bonds. The smallest absolute Gasteiger partial charge is 0.318 e. The minimum absolute atomic E-state index is 0.107. The summed E-state index contributed by atoms with van der Waals surface area (Å²) >= 11 is 0. The van der Waals surface area contributed by atoms with Crippen LogP contribution in [0.2, 0.25) is 0 Å². The number of amides is 1. The Balaban J connectivity index is 1.84. The zero-order valence-corrected chi connectivity index (χ0v) is 16.7. The molecule has 158 valence electrons. The van der Waals surface area contributed by atoms with Gasteiger partial charge in [-0.25, -0.2) is 4.68 Å².